The van der Waals surface area contributed by atoms with Crippen LogP contribution >= 0.6 is 23.4 Å². The van der Waals surface area contributed by atoms with Crippen LogP contribution in [0.3, 0.4) is 0 Å². The highest BCUT2D eigenvalue weighted by atomic mass is 35.5. The standard InChI is InChI=1S/C21H18ClF3N2O5S/c1-3-31-19(29)14-9-10-16(27-17(14)21(23,24)25)33-15(20(30)32-4-2)11-26-18(28)12-5-7-13(22)8-6-12/h5-11H,3-4H2,1-2H3,(H,26,28)/b15-11+. The molecule has 0 saturated carbocycles. The fourth-order valence-corrected chi connectivity index (χ4v) is 3.23. The summed E-state index contributed by atoms with van der Waals surface area (Å²) >= 11 is 6.31. The molecule has 0 aliphatic rings. The fourth-order valence-electron chi connectivity index (χ4n) is 2.35. The average molecular weight is 503 g/mol. The van der Waals surface area contributed by atoms with E-state index in [9.17, 15) is 27.6 Å². The van der Waals surface area contributed by atoms with E-state index in [1.807, 2.05) is 0 Å². The van der Waals surface area contributed by atoms with Crippen LogP contribution in [0.15, 0.2) is 52.5 Å². The third-order valence-corrected chi connectivity index (χ3v) is 4.96. The number of nitrogens with zero attached hydrogens (tertiary/aromatic N) is 1. The lowest BCUT2D eigenvalue weighted by Gasteiger charge is -2.13. The van der Waals surface area contributed by atoms with Crippen LogP contribution in [0.4, 0.5) is 13.2 Å². The van der Waals surface area contributed by atoms with E-state index in [1.54, 1.807) is 6.92 Å². The van der Waals surface area contributed by atoms with E-state index in [0.717, 1.165) is 18.3 Å². The third kappa shape index (κ3) is 7.50. The summed E-state index contributed by atoms with van der Waals surface area (Å²) in [5, 5.41) is 2.54. The molecule has 7 nitrogen and oxygen atoms in total. The molecule has 12 heteroatoms. The lowest BCUT2D eigenvalue weighted by molar-refractivity contribution is -0.142. The number of carbonyl (C=O) groups excluding carboxylic acids is 3. The monoisotopic (exact) mass is 502 g/mol. The molecule has 33 heavy (non-hydrogen) atoms. The van der Waals surface area contributed by atoms with Gasteiger partial charge in [-0.2, -0.15) is 13.2 Å². The molecule has 2 rings (SSSR count). The van der Waals surface area contributed by atoms with Crippen molar-refractivity contribution in [1.82, 2.24) is 10.3 Å². The maximum atomic E-state index is 13.5. The number of esters is 2. The van der Waals surface area contributed by atoms with Crippen LogP contribution in [0.25, 0.3) is 0 Å². The molecule has 1 amide bonds. The van der Waals surface area contributed by atoms with Gasteiger partial charge in [0.05, 0.1) is 18.8 Å². The minimum absolute atomic E-state index is 0.00904. The van der Waals surface area contributed by atoms with Crippen molar-refractivity contribution < 1.29 is 37.0 Å². The molecule has 0 saturated heterocycles. The highest BCUT2D eigenvalue weighted by Crippen LogP contribution is 2.34. The number of pyridine rings is 1. The van der Waals surface area contributed by atoms with Crippen LogP contribution in [-0.4, -0.2) is 36.0 Å². The SMILES string of the molecule is CCOC(=O)/C(=C\NC(=O)c1ccc(Cl)cc1)Sc1ccc(C(=O)OCC)c(C(F)(F)F)n1. The average Bonchev–Trinajstić information content (AvgIpc) is 2.76. The summed E-state index contributed by atoms with van der Waals surface area (Å²) in [6.07, 6.45) is -3.94. The van der Waals surface area contributed by atoms with E-state index in [2.05, 4.69) is 15.0 Å². The number of amides is 1. The summed E-state index contributed by atoms with van der Waals surface area (Å²) in [6.45, 7) is 2.87. The van der Waals surface area contributed by atoms with Crippen molar-refractivity contribution in [2.24, 2.45) is 0 Å². The smallest absolute Gasteiger partial charge is 0.434 e. The van der Waals surface area contributed by atoms with Crippen molar-refractivity contribution in [3.05, 3.63) is 69.3 Å². The highest BCUT2D eigenvalue weighted by Gasteiger charge is 2.38. The van der Waals surface area contributed by atoms with Crippen LogP contribution in [0, 0.1) is 0 Å². The molecule has 0 radical (unpaired) electrons. The Bertz CT molecular complexity index is 1060. The topological polar surface area (TPSA) is 94.6 Å². The Hall–Kier alpha value is -3.05. The highest BCUT2D eigenvalue weighted by molar-refractivity contribution is 8.03. The Morgan fingerprint density at radius 3 is 2.27 bits per heavy atom. The molecule has 2 aromatic rings. The van der Waals surface area contributed by atoms with Gasteiger partial charge in [-0.15, -0.1) is 0 Å². The van der Waals surface area contributed by atoms with Gasteiger partial charge in [0.2, 0.25) is 0 Å². The summed E-state index contributed by atoms with van der Waals surface area (Å²) < 4.78 is 49.9. The molecule has 0 fully saturated rings. The number of ether oxygens (including phenoxy) is 2. The predicted molar refractivity (Wildman–Crippen MR) is 115 cm³/mol. The van der Waals surface area contributed by atoms with Crippen molar-refractivity contribution >= 4 is 41.2 Å². The zero-order valence-corrected chi connectivity index (χ0v) is 18.9. The van der Waals surface area contributed by atoms with Crippen molar-refractivity contribution in [3.8, 4) is 0 Å². The maximum Gasteiger partial charge on any atom is 0.434 e. The van der Waals surface area contributed by atoms with Crippen molar-refractivity contribution in [2.45, 2.75) is 25.0 Å². The summed E-state index contributed by atoms with van der Waals surface area (Å²) in [5.41, 5.74) is -1.98. The zero-order chi connectivity index (χ0) is 24.6. The molecule has 1 heterocycles. The molecule has 0 bridgehead atoms. The lowest BCUT2D eigenvalue weighted by atomic mass is 10.2. The Labute approximate surface area is 196 Å². The third-order valence-electron chi connectivity index (χ3n) is 3.77. The number of hydrogen-bond donors (Lipinski definition) is 1. The number of aromatic nitrogens is 1. The Morgan fingerprint density at radius 1 is 1.06 bits per heavy atom. The Balaban J connectivity index is 2.35. The van der Waals surface area contributed by atoms with Crippen LogP contribution in [-0.2, 0) is 20.4 Å². The summed E-state index contributed by atoms with van der Waals surface area (Å²) in [6, 6.07) is 7.93. The Kier molecular flexibility index (Phi) is 9.30. The number of thioether (sulfide) groups is 1. The number of benzene rings is 1. The van der Waals surface area contributed by atoms with E-state index in [-0.39, 0.29) is 28.7 Å². The van der Waals surface area contributed by atoms with E-state index >= 15 is 0 Å². The number of halogens is 4. The molecule has 0 spiro atoms. The molecule has 1 aromatic carbocycles. The molecule has 0 aliphatic heterocycles. The van der Waals surface area contributed by atoms with Gasteiger partial charge in [0.15, 0.2) is 5.69 Å². The van der Waals surface area contributed by atoms with E-state index < -0.39 is 35.3 Å². The van der Waals surface area contributed by atoms with E-state index in [0.29, 0.717) is 16.8 Å². The van der Waals surface area contributed by atoms with Crippen molar-refractivity contribution in [2.75, 3.05) is 13.2 Å². The number of nitrogens with one attached hydrogen (secondary N) is 1. The molecule has 176 valence electrons. The number of alkyl halides is 3. The van der Waals surface area contributed by atoms with Gasteiger partial charge >= 0.3 is 18.1 Å². The van der Waals surface area contributed by atoms with Crippen LogP contribution in [0.2, 0.25) is 5.02 Å². The van der Waals surface area contributed by atoms with Gasteiger partial charge in [0.1, 0.15) is 9.93 Å². The number of rotatable bonds is 8. The van der Waals surface area contributed by atoms with Gasteiger partial charge in [-0.3, -0.25) is 4.79 Å². The molecular formula is C21H18ClF3N2O5S. The van der Waals surface area contributed by atoms with Gasteiger partial charge in [-0.05, 0) is 50.2 Å². The first-order valence-corrected chi connectivity index (χ1v) is 10.6. The normalized spacial score (nSPS) is 11.6. The van der Waals surface area contributed by atoms with Crippen LogP contribution in [0.1, 0.15) is 40.3 Å². The first kappa shape index (κ1) is 26.2. The first-order chi connectivity index (χ1) is 15.6. The minimum Gasteiger partial charge on any atom is -0.462 e. The largest absolute Gasteiger partial charge is 0.462 e. The predicted octanol–water partition coefficient (Wildman–Crippen LogP) is 4.86. The van der Waals surface area contributed by atoms with E-state index in [4.69, 9.17) is 16.3 Å². The van der Waals surface area contributed by atoms with Crippen molar-refractivity contribution in [1.29, 1.82) is 0 Å². The number of carbonyl (C=O) groups is 3. The summed E-state index contributed by atoms with van der Waals surface area (Å²) in [7, 11) is 0. The summed E-state index contributed by atoms with van der Waals surface area (Å²) in [5.74, 6) is -2.65. The van der Waals surface area contributed by atoms with Gasteiger partial charge < -0.3 is 14.8 Å². The second-order valence-electron chi connectivity index (χ2n) is 6.08. The van der Waals surface area contributed by atoms with Crippen molar-refractivity contribution in [3.63, 3.8) is 0 Å². The van der Waals surface area contributed by atoms with Crippen LogP contribution in [0.5, 0.6) is 0 Å². The fraction of sp³-hybridized carbons (Fsp3) is 0.238. The molecule has 0 aliphatic carbocycles. The van der Waals surface area contributed by atoms with Gasteiger partial charge in [0.25, 0.3) is 5.91 Å². The molecule has 1 N–H and O–H groups in total. The first-order valence-electron chi connectivity index (χ1n) is 9.43. The molecule has 0 atom stereocenters. The lowest BCUT2D eigenvalue weighted by Crippen LogP contribution is -2.20. The quantitative estimate of drug-likeness (QED) is 0.313. The number of hydrogen-bond acceptors (Lipinski definition) is 7. The molecular weight excluding hydrogens is 485 g/mol. The minimum atomic E-state index is -4.95. The van der Waals surface area contributed by atoms with E-state index in [1.165, 1.54) is 31.2 Å². The second-order valence-corrected chi connectivity index (χ2v) is 7.57. The molecule has 1 aromatic heterocycles. The maximum absolute atomic E-state index is 13.5. The van der Waals surface area contributed by atoms with Gasteiger partial charge in [0, 0.05) is 16.8 Å². The molecule has 0 unspecified atom stereocenters. The Morgan fingerprint density at radius 2 is 1.70 bits per heavy atom. The zero-order valence-electron chi connectivity index (χ0n) is 17.4. The van der Waals surface area contributed by atoms with Gasteiger partial charge in [-0.25, -0.2) is 14.6 Å². The van der Waals surface area contributed by atoms with Gasteiger partial charge in [-0.1, -0.05) is 23.4 Å². The second kappa shape index (κ2) is 11.7. The summed E-state index contributed by atoms with van der Waals surface area (Å²) in [4.78, 5) is 39.7. The van der Waals surface area contributed by atoms with Crippen LogP contribution < -0.4 is 5.32 Å².